The van der Waals surface area contributed by atoms with E-state index in [1.807, 2.05) is 57.7 Å². The van der Waals surface area contributed by atoms with Crippen LogP contribution in [0, 0.1) is 44.3 Å². The van der Waals surface area contributed by atoms with Gasteiger partial charge in [-0.15, -0.1) is 5.10 Å². The lowest BCUT2D eigenvalue weighted by Gasteiger charge is -2.25. The molecule has 1 N–H and O–H groups in total. The fourth-order valence-electron chi connectivity index (χ4n) is 5.97. The lowest BCUT2D eigenvalue weighted by atomic mass is 10.0. The van der Waals surface area contributed by atoms with Gasteiger partial charge in [0, 0.05) is 38.6 Å². The average Bonchev–Trinajstić information content (AvgIpc) is 3.57. The zero-order chi connectivity index (χ0) is 28.6. The summed E-state index contributed by atoms with van der Waals surface area (Å²) in [5.41, 5.74) is 3.71. The van der Waals surface area contributed by atoms with Gasteiger partial charge in [0.05, 0.1) is 28.7 Å². The van der Waals surface area contributed by atoms with Gasteiger partial charge < -0.3 is 15.1 Å². The van der Waals surface area contributed by atoms with Crippen molar-refractivity contribution in [2.75, 3.05) is 32.7 Å². The molecule has 2 aliphatic rings. The molecule has 2 fully saturated rings. The molecule has 2 aliphatic heterocycles. The maximum Gasteiger partial charge on any atom is 0.257 e. The summed E-state index contributed by atoms with van der Waals surface area (Å²) in [6.07, 6.45) is 0.698. The van der Waals surface area contributed by atoms with Gasteiger partial charge in [-0.05, 0) is 68.9 Å². The lowest BCUT2D eigenvalue weighted by molar-refractivity contribution is -0.124. The SMILES string of the molecule is Cc1ccc(-n2nc(C)c(C(=O)N3CC4CN(CCC(NC(=O)C(C)C)c5cccc(F)c5)C[C@H]4C3)c2C)nn1. The molecular weight excluding hydrogens is 509 g/mol. The van der Waals surface area contributed by atoms with Crippen LogP contribution in [-0.2, 0) is 4.79 Å². The number of aromatic nitrogens is 4. The molecule has 212 valence electrons. The van der Waals surface area contributed by atoms with E-state index >= 15 is 0 Å². The number of fused-ring (bicyclic) bond motifs is 1. The van der Waals surface area contributed by atoms with Crippen LogP contribution in [0.25, 0.3) is 5.82 Å². The Hall–Kier alpha value is -3.66. The second-order valence-corrected chi connectivity index (χ2v) is 11.5. The van der Waals surface area contributed by atoms with Gasteiger partial charge >= 0.3 is 0 Å². The van der Waals surface area contributed by atoms with Crippen LogP contribution in [0.5, 0.6) is 0 Å². The minimum Gasteiger partial charge on any atom is -0.349 e. The number of hydrogen-bond acceptors (Lipinski definition) is 6. The minimum atomic E-state index is -0.301. The third-order valence-corrected chi connectivity index (χ3v) is 8.18. The molecule has 10 heteroatoms. The van der Waals surface area contributed by atoms with Crippen molar-refractivity contribution in [3.8, 4) is 5.82 Å². The first-order valence-electron chi connectivity index (χ1n) is 14.0. The normalized spacial score (nSPS) is 19.7. The first kappa shape index (κ1) is 27.9. The Kier molecular flexibility index (Phi) is 7.98. The van der Waals surface area contributed by atoms with Crippen molar-refractivity contribution in [2.24, 2.45) is 17.8 Å². The molecule has 2 unspecified atom stereocenters. The van der Waals surface area contributed by atoms with Crippen LogP contribution in [0.3, 0.4) is 0 Å². The van der Waals surface area contributed by atoms with Gasteiger partial charge in [0.1, 0.15) is 5.82 Å². The highest BCUT2D eigenvalue weighted by molar-refractivity contribution is 5.96. The van der Waals surface area contributed by atoms with E-state index in [1.165, 1.54) is 12.1 Å². The Balaban J connectivity index is 1.20. The standard InChI is InChI=1S/C30H38FN7O2/c1-18(2)29(39)32-26(22-7-6-8-25(31)13-22)11-12-36-14-23-16-37(17-24(23)15-36)30(40)28-20(4)35-38(21(28)5)27-10-9-19(3)33-34-27/h6-10,13,18,23-24,26H,11-12,14-17H2,1-5H3,(H,32,39)/t23-,24?,26?/m0/s1. The fourth-order valence-corrected chi connectivity index (χ4v) is 5.97. The van der Waals surface area contributed by atoms with Gasteiger partial charge in [0.25, 0.3) is 5.91 Å². The van der Waals surface area contributed by atoms with Crippen molar-refractivity contribution < 1.29 is 14.0 Å². The number of carbonyl (C=O) groups excluding carboxylic acids is 2. The molecule has 9 nitrogen and oxygen atoms in total. The molecular formula is C30H38FN7O2. The van der Waals surface area contributed by atoms with Gasteiger partial charge in [-0.2, -0.15) is 10.2 Å². The number of aryl methyl sites for hydroxylation is 2. The van der Waals surface area contributed by atoms with E-state index in [1.54, 1.807) is 10.7 Å². The van der Waals surface area contributed by atoms with E-state index in [2.05, 4.69) is 25.5 Å². The highest BCUT2D eigenvalue weighted by atomic mass is 19.1. The molecule has 0 spiro atoms. The van der Waals surface area contributed by atoms with Crippen molar-refractivity contribution in [2.45, 2.75) is 47.1 Å². The van der Waals surface area contributed by atoms with Crippen molar-refractivity contribution >= 4 is 11.8 Å². The number of amides is 2. The van der Waals surface area contributed by atoms with E-state index in [4.69, 9.17) is 0 Å². The summed E-state index contributed by atoms with van der Waals surface area (Å²) >= 11 is 0. The molecule has 2 amide bonds. The molecule has 1 aromatic carbocycles. The third-order valence-electron chi connectivity index (χ3n) is 8.18. The Labute approximate surface area is 234 Å². The first-order chi connectivity index (χ1) is 19.1. The quantitative estimate of drug-likeness (QED) is 0.463. The van der Waals surface area contributed by atoms with Crippen LogP contribution in [0.15, 0.2) is 36.4 Å². The summed E-state index contributed by atoms with van der Waals surface area (Å²) in [5.74, 6) is 0.940. The fraction of sp³-hybridized carbons (Fsp3) is 0.500. The number of benzene rings is 1. The number of halogens is 1. The zero-order valence-corrected chi connectivity index (χ0v) is 23.9. The van der Waals surface area contributed by atoms with Crippen LogP contribution in [0.4, 0.5) is 4.39 Å². The number of carbonyl (C=O) groups is 2. The molecule has 5 rings (SSSR count). The first-order valence-corrected chi connectivity index (χ1v) is 14.0. The van der Waals surface area contributed by atoms with Gasteiger partial charge in [-0.25, -0.2) is 9.07 Å². The van der Waals surface area contributed by atoms with E-state index < -0.39 is 0 Å². The summed E-state index contributed by atoms with van der Waals surface area (Å²) in [6, 6.07) is 9.98. The molecule has 4 heterocycles. The molecule has 3 atom stereocenters. The molecule has 2 aromatic heterocycles. The van der Waals surface area contributed by atoms with E-state index in [0.717, 1.165) is 36.6 Å². The van der Waals surface area contributed by atoms with E-state index in [9.17, 15) is 14.0 Å². The highest BCUT2D eigenvalue weighted by Gasteiger charge is 2.42. The Morgan fingerprint density at radius 2 is 1.75 bits per heavy atom. The summed E-state index contributed by atoms with van der Waals surface area (Å²) in [5, 5.41) is 16.0. The number of nitrogens with one attached hydrogen (secondary N) is 1. The van der Waals surface area contributed by atoms with Crippen LogP contribution < -0.4 is 5.32 Å². The summed E-state index contributed by atoms with van der Waals surface area (Å²) < 4.78 is 15.6. The summed E-state index contributed by atoms with van der Waals surface area (Å²) in [7, 11) is 0. The smallest absolute Gasteiger partial charge is 0.257 e. The van der Waals surface area contributed by atoms with Crippen LogP contribution in [0.2, 0.25) is 0 Å². The predicted molar refractivity (Wildman–Crippen MR) is 149 cm³/mol. The lowest BCUT2D eigenvalue weighted by Crippen LogP contribution is -2.36. The molecule has 40 heavy (non-hydrogen) atoms. The molecule has 0 radical (unpaired) electrons. The van der Waals surface area contributed by atoms with Crippen LogP contribution >= 0.6 is 0 Å². The topological polar surface area (TPSA) is 96.2 Å². The zero-order valence-electron chi connectivity index (χ0n) is 23.9. The third kappa shape index (κ3) is 5.77. The molecule has 0 aliphatic carbocycles. The maximum absolute atomic E-state index is 13.9. The number of nitrogens with zero attached hydrogens (tertiary/aromatic N) is 6. The molecule has 0 saturated carbocycles. The average molecular weight is 548 g/mol. The monoisotopic (exact) mass is 547 g/mol. The Morgan fingerprint density at radius 3 is 2.38 bits per heavy atom. The maximum atomic E-state index is 13.9. The molecule has 2 saturated heterocycles. The number of likely N-dealkylation sites (tertiary alicyclic amines) is 2. The second kappa shape index (κ2) is 11.4. The van der Waals surface area contributed by atoms with Crippen molar-refractivity contribution in [1.29, 1.82) is 0 Å². The summed E-state index contributed by atoms with van der Waals surface area (Å²) in [4.78, 5) is 30.4. The Morgan fingerprint density at radius 1 is 1.02 bits per heavy atom. The van der Waals surface area contributed by atoms with Gasteiger partial charge in [0.2, 0.25) is 5.91 Å². The highest BCUT2D eigenvalue weighted by Crippen LogP contribution is 2.33. The second-order valence-electron chi connectivity index (χ2n) is 11.5. The summed E-state index contributed by atoms with van der Waals surface area (Å²) in [6.45, 7) is 13.4. The van der Waals surface area contributed by atoms with Crippen molar-refractivity contribution in [3.05, 3.63) is 70.4 Å². The predicted octanol–water partition coefficient (Wildman–Crippen LogP) is 3.63. The molecule has 0 bridgehead atoms. The van der Waals surface area contributed by atoms with Crippen molar-refractivity contribution in [1.82, 2.24) is 35.1 Å². The number of rotatable bonds is 8. The number of hydrogen-bond donors (Lipinski definition) is 1. The van der Waals surface area contributed by atoms with E-state index in [-0.39, 0.29) is 29.6 Å². The van der Waals surface area contributed by atoms with Crippen molar-refractivity contribution in [3.63, 3.8) is 0 Å². The van der Waals surface area contributed by atoms with Gasteiger partial charge in [-0.3, -0.25) is 9.59 Å². The van der Waals surface area contributed by atoms with E-state index in [0.29, 0.717) is 48.4 Å². The van der Waals surface area contributed by atoms with Gasteiger partial charge in [0.15, 0.2) is 5.82 Å². The van der Waals surface area contributed by atoms with Crippen LogP contribution in [0.1, 0.15) is 59.3 Å². The largest absolute Gasteiger partial charge is 0.349 e. The molecule has 3 aromatic rings. The Bertz CT molecular complexity index is 1370. The minimum absolute atomic E-state index is 0.0184. The van der Waals surface area contributed by atoms with Crippen LogP contribution in [-0.4, -0.2) is 74.3 Å². The van der Waals surface area contributed by atoms with Gasteiger partial charge in [-0.1, -0.05) is 26.0 Å².